The summed E-state index contributed by atoms with van der Waals surface area (Å²) in [6.45, 7) is 6.54. The van der Waals surface area contributed by atoms with Crippen molar-refractivity contribution in [1.29, 1.82) is 0 Å². The van der Waals surface area contributed by atoms with E-state index in [-0.39, 0.29) is 24.4 Å². The Morgan fingerprint density at radius 2 is 1.09 bits per heavy atom. The quantitative estimate of drug-likeness (QED) is 0.395. The normalized spacial score (nSPS) is 30.4. The standard InChI is InChI=1S/C24H48N4O4/c1-25(2)23(29)31-21-13-11-17-27(5,19-21)15-9-7-8-10-16-28(6)18-12-14-22(20-28)32-24(30)26(3)4/h21-22H,7-20H2,1-6H3/q+2. The van der Waals surface area contributed by atoms with E-state index < -0.39 is 0 Å². The number of nitrogens with zero attached hydrogens (tertiary/aromatic N) is 4. The van der Waals surface area contributed by atoms with Gasteiger partial charge in [-0.1, -0.05) is 0 Å². The van der Waals surface area contributed by atoms with E-state index in [9.17, 15) is 9.59 Å². The van der Waals surface area contributed by atoms with Crippen molar-refractivity contribution in [2.45, 2.75) is 63.6 Å². The SMILES string of the molecule is CN(C)C(=O)OC1CCC[N+](C)(CCCCCC[N+]2(C)CCCC(OC(=O)N(C)C)C2)C1. The van der Waals surface area contributed by atoms with Gasteiger partial charge in [-0.15, -0.1) is 0 Å². The fourth-order valence-corrected chi connectivity index (χ4v) is 5.18. The number of carbonyl (C=O) groups is 2. The van der Waals surface area contributed by atoms with Crippen LogP contribution in [-0.4, -0.2) is 125 Å². The molecular weight excluding hydrogens is 408 g/mol. The lowest BCUT2D eigenvalue weighted by Crippen LogP contribution is -2.54. The topological polar surface area (TPSA) is 59.1 Å². The number of piperidine rings is 2. The second kappa shape index (κ2) is 12.1. The number of amides is 2. The van der Waals surface area contributed by atoms with Crippen LogP contribution in [0, 0.1) is 0 Å². The first kappa shape index (κ1) is 26.7. The third-order valence-corrected chi connectivity index (χ3v) is 7.15. The van der Waals surface area contributed by atoms with E-state index in [4.69, 9.17) is 9.47 Å². The largest absolute Gasteiger partial charge is 0.440 e. The van der Waals surface area contributed by atoms with Gasteiger partial charge in [-0.25, -0.2) is 9.59 Å². The van der Waals surface area contributed by atoms with Crippen LogP contribution < -0.4 is 0 Å². The second-order valence-corrected chi connectivity index (χ2v) is 11.0. The van der Waals surface area contributed by atoms with Crippen molar-refractivity contribution < 1.29 is 28.0 Å². The van der Waals surface area contributed by atoms with Crippen molar-refractivity contribution >= 4 is 12.2 Å². The average Bonchev–Trinajstić information content (AvgIpc) is 2.70. The molecule has 0 radical (unpaired) electrons. The first-order chi connectivity index (χ1) is 15.0. The highest BCUT2D eigenvalue weighted by Crippen LogP contribution is 2.23. The lowest BCUT2D eigenvalue weighted by atomic mass is 10.0. The Kier molecular flexibility index (Phi) is 10.1. The fourth-order valence-electron chi connectivity index (χ4n) is 5.18. The van der Waals surface area contributed by atoms with E-state index in [0.29, 0.717) is 0 Å². The second-order valence-electron chi connectivity index (χ2n) is 11.0. The molecule has 0 aromatic rings. The summed E-state index contributed by atoms with van der Waals surface area (Å²) in [6, 6.07) is 0. The molecule has 0 spiro atoms. The Bertz CT molecular complexity index is 563. The van der Waals surface area contributed by atoms with E-state index in [1.165, 1.54) is 48.6 Å². The predicted octanol–water partition coefficient (Wildman–Crippen LogP) is 3.16. The maximum atomic E-state index is 11.9. The van der Waals surface area contributed by atoms with Crippen LogP contribution >= 0.6 is 0 Å². The van der Waals surface area contributed by atoms with Gasteiger partial charge < -0.3 is 28.2 Å². The molecule has 0 aromatic carbocycles. The molecule has 4 unspecified atom stereocenters. The van der Waals surface area contributed by atoms with E-state index in [1.54, 1.807) is 28.2 Å². The molecule has 0 aromatic heterocycles. The van der Waals surface area contributed by atoms with Crippen molar-refractivity contribution in [3.8, 4) is 0 Å². The molecule has 0 N–H and O–H groups in total. The molecule has 2 rings (SSSR count). The van der Waals surface area contributed by atoms with Gasteiger partial charge in [0.25, 0.3) is 0 Å². The van der Waals surface area contributed by atoms with Crippen LogP contribution in [0.3, 0.4) is 0 Å². The summed E-state index contributed by atoms with van der Waals surface area (Å²) in [5, 5.41) is 0. The van der Waals surface area contributed by atoms with Crippen LogP contribution in [0.25, 0.3) is 0 Å². The van der Waals surface area contributed by atoms with Gasteiger partial charge >= 0.3 is 12.2 Å². The number of likely N-dealkylation sites (tertiary alicyclic amines) is 2. The molecular formula is C24H48N4O4+2. The zero-order chi connectivity index (χ0) is 23.8. The van der Waals surface area contributed by atoms with Gasteiger partial charge in [-0.3, -0.25) is 0 Å². The summed E-state index contributed by atoms with van der Waals surface area (Å²) in [4.78, 5) is 26.8. The molecule has 2 amide bonds. The third-order valence-electron chi connectivity index (χ3n) is 7.15. The summed E-state index contributed by atoms with van der Waals surface area (Å²) in [5.41, 5.74) is 0. The molecule has 0 saturated carbocycles. The molecule has 2 aliphatic heterocycles. The number of hydrogen-bond acceptors (Lipinski definition) is 4. The minimum Gasteiger partial charge on any atom is -0.440 e. The monoisotopic (exact) mass is 456 g/mol. The first-order valence-electron chi connectivity index (χ1n) is 12.4. The Labute approximate surface area is 195 Å². The maximum absolute atomic E-state index is 11.9. The van der Waals surface area contributed by atoms with Gasteiger partial charge in [-0.2, -0.15) is 0 Å². The molecule has 2 fully saturated rings. The number of unbranched alkanes of at least 4 members (excludes halogenated alkanes) is 3. The molecule has 0 aliphatic carbocycles. The van der Waals surface area contributed by atoms with Gasteiger partial charge in [0.05, 0.1) is 40.3 Å². The number of ether oxygens (including phenoxy) is 2. The van der Waals surface area contributed by atoms with E-state index in [0.717, 1.165) is 60.8 Å². The number of quaternary nitrogens is 2. The maximum Gasteiger partial charge on any atom is 0.409 e. The van der Waals surface area contributed by atoms with Crippen molar-refractivity contribution in [2.75, 3.05) is 81.6 Å². The van der Waals surface area contributed by atoms with Crippen molar-refractivity contribution in [3.05, 3.63) is 0 Å². The molecule has 8 nitrogen and oxygen atoms in total. The zero-order valence-corrected chi connectivity index (χ0v) is 21.5. The molecule has 2 saturated heterocycles. The number of rotatable bonds is 9. The van der Waals surface area contributed by atoms with E-state index >= 15 is 0 Å². The summed E-state index contributed by atoms with van der Waals surface area (Å²) in [5.74, 6) is 0. The number of likely N-dealkylation sites (N-methyl/N-ethyl adjacent to an activating group) is 2. The van der Waals surface area contributed by atoms with E-state index in [1.807, 2.05) is 0 Å². The van der Waals surface area contributed by atoms with Crippen LogP contribution in [0.4, 0.5) is 9.59 Å². The van der Waals surface area contributed by atoms with Gasteiger partial charge in [0, 0.05) is 41.0 Å². The Balaban J connectivity index is 1.64. The molecule has 32 heavy (non-hydrogen) atoms. The molecule has 186 valence electrons. The highest BCUT2D eigenvalue weighted by Gasteiger charge is 2.34. The van der Waals surface area contributed by atoms with Crippen molar-refractivity contribution in [2.24, 2.45) is 0 Å². The Morgan fingerprint density at radius 1 is 0.719 bits per heavy atom. The van der Waals surface area contributed by atoms with Crippen LogP contribution in [0.2, 0.25) is 0 Å². The zero-order valence-electron chi connectivity index (χ0n) is 21.5. The fraction of sp³-hybridized carbons (Fsp3) is 0.917. The van der Waals surface area contributed by atoms with Crippen molar-refractivity contribution in [1.82, 2.24) is 9.80 Å². The molecule has 8 heteroatoms. The van der Waals surface area contributed by atoms with E-state index in [2.05, 4.69) is 14.1 Å². The number of carbonyl (C=O) groups excluding carboxylic acids is 2. The van der Waals surface area contributed by atoms with Crippen LogP contribution in [0.1, 0.15) is 51.4 Å². The molecule has 2 heterocycles. The molecule has 2 aliphatic rings. The van der Waals surface area contributed by atoms with Gasteiger partial charge in [-0.05, 0) is 38.5 Å². The lowest BCUT2D eigenvalue weighted by molar-refractivity contribution is -0.917. The van der Waals surface area contributed by atoms with Crippen molar-refractivity contribution in [3.63, 3.8) is 0 Å². The third kappa shape index (κ3) is 8.77. The predicted molar refractivity (Wildman–Crippen MR) is 126 cm³/mol. The molecule has 0 bridgehead atoms. The highest BCUT2D eigenvalue weighted by molar-refractivity contribution is 5.67. The van der Waals surface area contributed by atoms with Gasteiger partial charge in [0.15, 0.2) is 12.2 Å². The first-order valence-corrected chi connectivity index (χ1v) is 12.4. The smallest absolute Gasteiger partial charge is 0.409 e. The Morgan fingerprint density at radius 3 is 1.44 bits per heavy atom. The summed E-state index contributed by atoms with van der Waals surface area (Å²) >= 11 is 0. The number of hydrogen-bond donors (Lipinski definition) is 0. The Hall–Kier alpha value is -1.54. The summed E-state index contributed by atoms with van der Waals surface area (Å²) in [6.07, 6.45) is 8.77. The lowest BCUT2D eigenvalue weighted by Gasteiger charge is -2.41. The van der Waals surface area contributed by atoms with Crippen LogP contribution in [0.5, 0.6) is 0 Å². The summed E-state index contributed by atoms with van der Waals surface area (Å²) < 4.78 is 13.3. The molecule has 4 atom stereocenters. The van der Waals surface area contributed by atoms with Crippen LogP contribution in [0.15, 0.2) is 0 Å². The summed E-state index contributed by atoms with van der Waals surface area (Å²) in [7, 11) is 11.6. The van der Waals surface area contributed by atoms with Crippen LogP contribution in [-0.2, 0) is 9.47 Å². The average molecular weight is 457 g/mol. The minimum atomic E-state index is -0.225. The van der Waals surface area contributed by atoms with Gasteiger partial charge in [0.2, 0.25) is 0 Å². The minimum absolute atomic E-state index is 0.0433. The highest BCUT2D eigenvalue weighted by atomic mass is 16.6. The van der Waals surface area contributed by atoms with Gasteiger partial charge in [0.1, 0.15) is 13.1 Å².